The fraction of sp³-hybridized carbons (Fsp3) is 0.100. The van der Waals surface area contributed by atoms with Crippen LogP contribution in [0, 0.1) is 0 Å². The van der Waals surface area contributed by atoms with Gasteiger partial charge < -0.3 is 11.5 Å². The van der Waals surface area contributed by atoms with Crippen molar-refractivity contribution < 1.29 is 0 Å². The summed E-state index contributed by atoms with van der Waals surface area (Å²) < 4.78 is 0. The van der Waals surface area contributed by atoms with Crippen molar-refractivity contribution in [3.8, 4) is 11.3 Å². The Bertz CT molecular complexity index is 370. The van der Waals surface area contributed by atoms with Crippen molar-refractivity contribution in [2.75, 3.05) is 12.8 Å². The van der Waals surface area contributed by atoms with E-state index >= 15 is 0 Å². The molecule has 0 fully saturated rings. The van der Waals surface area contributed by atoms with E-state index in [-0.39, 0.29) is 0 Å². The summed E-state index contributed by atoms with van der Waals surface area (Å²) in [6.07, 6.45) is 0. The molecular weight excluding hydrogens is 194 g/mol. The molecule has 0 unspecified atom stereocenters. The van der Waals surface area contributed by atoms with Crippen molar-refractivity contribution in [3.63, 3.8) is 0 Å². The molecule has 2 aromatic rings. The zero-order valence-corrected chi connectivity index (χ0v) is 8.79. The van der Waals surface area contributed by atoms with E-state index in [1.165, 1.54) is 18.4 Å². The zero-order valence-electron chi connectivity index (χ0n) is 7.97. The predicted molar refractivity (Wildman–Crippen MR) is 62.1 cm³/mol. The number of nitrogens with zero attached hydrogens (tertiary/aromatic N) is 1. The third-order valence-electron chi connectivity index (χ3n) is 1.59. The molecule has 0 saturated heterocycles. The van der Waals surface area contributed by atoms with Gasteiger partial charge in [-0.15, -0.1) is 11.3 Å². The molecule has 0 amide bonds. The van der Waals surface area contributed by atoms with Gasteiger partial charge in [0.1, 0.15) is 0 Å². The van der Waals surface area contributed by atoms with E-state index in [1.54, 1.807) is 0 Å². The highest BCUT2D eigenvalue weighted by atomic mass is 32.1. The lowest BCUT2D eigenvalue weighted by molar-refractivity contribution is 1.41. The van der Waals surface area contributed by atoms with Gasteiger partial charge >= 0.3 is 0 Å². The summed E-state index contributed by atoms with van der Waals surface area (Å²) >= 11 is 1.47. The number of nitrogen functional groups attached to an aromatic ring is 1. The molecule has 0 saturated carbocycles. The number of rotatable bonds is 1. The van der Waals surface area contributed by atoms with Crippen LogP contribution in [0.1, 0.15) is 0 Å². The topological polar surface area (TPSA) is 64.9 Å². The predicted octanol–water partition coefficient (Wildman–Crippen LogP) is 1.97. The van der Waals surface area contributed by atoms with Crippen LogP contribution in [0.15, 0.2) is 35.7 Å². The highest BCUT2D eigenvalue weighted by Crippen LogP contribution is 2.22. The van der Waals surface area contributed by atoms with E-state index in [0.29, 0.717) is 5.13 Å². The lowest BCUT2D eigenvalue weighted by Gasteiger charge is -1.92. The molecule has 0 aliphatic heterocycles. The van der Waals surface area contributed by atoms with Gasteiger partial charge in [0, 0.05) is 10.9 Å². The van der Waals surface area contributed by atoms with Gasteiger partial charge in [-0.2, -0.15) is 0 Å². The maximum absolute atomic E-state index is 5.52. The summed E-state index contributed by atoms with van der Waals surface area (Å²) in [4.78, 5) is 4.18. The molecule has 4 heteroatoms. The van der Waals surface area contributed by atoms with Crippen molar-refractivity contribution in [3.05, 3.63) is 35.7 Å². The second-order valence-electron chi connectivity index (χ2n) is 2.44. The van der Waals surface area contributed by atoms with Gasteiger partial charge in [-0.1, -0.05) is 30.3 Å². The molecule has 0 aliphatic carbocycles. The van der Waals surface area contributed by atoms with Crippen LogP contribution in [-0.2, 0) is 0 Å². The van der Waals surface area contributed by atoms with Gasteiger partial charge in [0.25, 0.3) is 0 Å². The quantitative estimate of drug-likeness (QED) is 0.751. The molecule has 0 spiro atoms. The van der Waals surface area contributed by atoms with Crippen LogP contribution >= 0.6 is 11.3 Å². The number of anilines is 1. The van der Waals surface area contributed by atoms with Gasteiger partial charge in [0.05, 0.1) is 5.69 Å². The third-order valence-corrected chi connectivity index (χ3v) is 2.27. The second-order valence-corrected chi connectivity index (χ2v) is 3.33. The normalized spacial score (nSPS) is 9.00. The molecule has 2 rings (SSSR count). The van der Waals surface area contributed by atoms with Crippen LogP contribution in [0.25, 0.3) is 11.3 Å². The number of benzene rings is 1. The molecule has 0 aliphatic rings. The summed E-state index contributed by atoms with van der Waals surface area (Å²) in [5.74, 6) is 0. The monoisotopic (exact) mass is 207 g/mol. The van der Waals surface area contributed by atoms with E-state index in [4.69, 9.17) is 5.73 Å². The molecule has 0 atom stereocenters. The number of hydrogen-bond acceptors (Lipinski definition) is 4. The smallest absolute Gasteiger partial charge is 0.180 e. The number of nitrogens with two attached hydrogens (primary N) is 2. The largest absolute Gasteiger partial charge is 0.375 e. The van der Waals surface area contributed by atoms with Gasteiger partial charge in [-0.3, -0.25) is 0 Å². The first kappa shape index (κ1) is 10.7. The summed E-state index contributed by atoms with van der Waals surface area (Å²) in [5, 5.41) is 2.58. The van der Waals surface area contributed by atoms with E-state index < -0.39 is 0 Å². The first-order valence-electron chi connectivity index (χ1n) is 4.20. The Morgan fingerprint density at radius 3 is 2.29 bits per heavy atom. The van der Waals surface area contributed by atoms with Gasteiger partial charge in [-0.25, -0.2) is 4.98 Å². The standard InChI is InChI=1S/C9H8N2S.CH5N/c10-9-11-8(6-12-9)7-4-2-1-3-5-7;1-2/h1-6H,(H2,10,11);2H2,1H3. The second kappa shape index (κ2) is 5.36. The lowest BCUT2D eigenvalue weighted by atomic mass is 10.2. The van der Waals surface area contributed by atoms with Crippen LogP contribution in [0.5, 0.6) is 0 Å². The van der Waals surface area contributed by atoms with E-state index in [9.17, 15) is 0 Å². The number of aromatic nitrogens is 1. The summed E-state index contributed by atoms with van der Waals surface area (Å²) in [5.41, 5.74) is 12.1. The molecule has 14 heavy (non-hydrogen) atoms. The SMILES string of the molecule is CN.Nc1nc(-c2ccccc2)cs1. The zero-order chi connectivity index (χ0) is 10.4. The fourth-order valence-electron chi connectivity index (χ4n) is 1.03. The maximum Gasteiger partial charge on any atom is 0.180 e. The Morgan fingerprint density at radius 1 is 1.14 bits per heavy atom. The molecule has 0 bridgehead atoms. The van der Waals surface area contributed by atoms with E-state index in [2.05, 4.69) is 10.7 Å². The van der Waals surface area contributed by atoms with Crippen LogP contribution in [0.4, 0.5) is 5.13 Å². The Kier molecular flexibility index (Phi) is 4.10. The first-order valence-corrected chi connectivity index (χ1v) is 5.08. The minimum Gasteiger partial charge on any atom is -0.375 e. The Morgan fingerprint density at radius 2 is 1.79 bits per heavy atom. The molecule has 1 heterocycles. The Hall–Kier alpha value is -1.39. The highest BCUT2D eigenvalue weighted by molar-refractivity contribution is 7.13. The average Bonchev–Trinajstić information content (AvgIpc) is 2.69. The molecule has 3 nitrogen and oxygen atoms in total. The minimum absolute atomic E-state index is 0.619. The van der Waals surface area contributed by atoms with Gasteiger partial charge in [-0.05, 0) is 7.05 Å². The third kappa shape index (κ3) is 2.55. The van der Waals surface area contributed by atoms with Crippen molar-refractivity contribution in [2.24, 2.45) is 5.73 Å². The molecule has 1 aromatic carbocycles. The van der Waals surface area contributed by atoms with Gasteiger partial charge in [0.15, 0.2) is 5.13 Å². The molecule has 1 aromatic heterocycles. The van der Waals surface area contributed by atoms with Crippen molar-refractivity contribution in [1.82, 2.24) is 4.98 Å². The maximum atomic E-state index is 5.52. The highest BCUT2D eigenvalue weighted by Gasteiger charge is 1.99. The van der Waals surface area contributed by atoms with Crippen LogP contribution in [0.3, 0.4) is 0 Å². The minimum atomic E-state index is 0.619. The van der Waals surface area contributed by atoms with Crippen molar-refractivity contribution in [1.29, 1.82) is 0 Å². The van der Waals surface area contributed by atoms with Crippen LogP contribution in [-0.4, -0.2) is 12.0 Å². The van der Waals surface area contributed by atoms with Gasteiger partial charge in [0.2, 0.25) is 0 Å². The average molecular weight is 207 g/mol. The number of hydrogen-bond donors (Lipinski definition) is 2. The Labute approximate surface area is 87.4 Å². The van der Waals surface area contributed by atoms with Crippen LogP contribution < -0.4 is 11.5 Å². The molecule has 0 radical (unpaired) electrons. The van der Waals surface area contributed by atoms with E-state index in [0.717, 1.165) is 11.3 Å². The first-order chi connectivity index (χ1) is 6.86. The number of thiazole rings is 1. The molecule has 74 valence electrons. The van der Waals surface area contributed by atoms with E-state index in [1.807, 2.05) is 35.7 Å². The summed E-state index contributed by atoms with van der Waals surface area (Å²) in [6.45, 7) is 0. The van der Waals surface area contributed by atoms with Crippen LogP contribution in [0.2, 0.25) is 0 Å². The molecule has 4 N–H and O–H groups in total. The Balaban J connectivity index is 0.000000461. The summed E-state index contributed by atoms with van der Waals surface area (Å²) in [7, 11) is 1.50. The van der Waals surface area contributed by atoms with Crippen molar-refractivity contribution >= 4 is 16.5 Å². The molecular formula is C10H13N3S. The lowest BCUT2D eigenvalue weighted by Crippen LogP contribution is -1.82. The fourth-order valence-corrected chi connectivity index (χ4v) is 1.60. The van der Waals surface area contributed by atoms with Crippen molar-refractivity contribution in [2.45, 2.75) is 0 Å². The summed E-state index contributed by atoms with van der Waals surface area (Å²) in [6, 6.07) is 10.0.